The highest BCUT2D eigenvalue weighted by atomic mass is 16.5. The highest BCUT2D eigenvalue weighted by Gasteiger charge is 2.35. The topological polar surface area (TPSA) is 185 Å². The second-order valence-corrected chi connectivity index (χ2v) is 22.9. The summed E-state index contributed by atoms with van der Waals surface area (Å²) in [6.45, 7) is 3.44. The number of guanidine groups is 1. The zero-order valence-electron chi connectivity index (χ0n) is 46.7. The Bertz CT molecular complexity index is 3230. The molecule has 12 nitrogen and oxygen atoms in total. The van der Waals surface area contributed by atoms with Crippen molar-refractivity contribution in [3.8, 4) is 29.3 Å². The lowest BCUT2D eigenvalue weighted by Crippen LogP contribution is -2.25. The van der Waals surface area contributed by atoms with Gasteiger partial charge in [-0.2, -0.15) is 0 Å². The number of carbonyl (C=O) groups is 1. The number of nitrogens with two attached hydrogens (primary N) is 1. The van der Waals surface area contributed by atoms with Gasteiger partial charge in [0, 0.05) is 60.7 Å². The lowest BCUT2D eigenvalue weighted by molar-refractivity contribution is -0.121. The summed E-state index contributed by atoms with van der Waals surface area (Å²) in [7, 11) is 3.24. The number of ether oxygens (including phenoxy) is 4. The van der Waals surface area contributed by atoms with Crippen molar-refractivity contribution in [2.45, 2.75) is 146 Å². The molecule has 6 unspecified atom stereocenters. The number of fused-ring (bicyclic) bond motifs is 8. The molecule has 7 N–H and O–H groups in total. The maximum Gasteiger partial charge on any atom is 0.192 e. The molecule has 0 saturated heterocycles. The number of phenolic OH excluding ortho intramolecular Hbond substituents is 1. The molecule has 12 heteroatoms. The number of allylic oxidation sites excluding steroid dienone is 4. The summed E-state index contributed by atoms with van der Waals surface area (Å²) in [6, 6.07) is 26.1. The fourth-order valence-corrected chi connectivity index (χ4v) is 13.1. The summed E-state index contributed by atoms with van der Waals surface area (Å²) in [5.74, 6) is 4.57. The monoisotopic (exact) mass is 1080 g/mol. The molecule has 4 heterocycles. The van der Waals surface area contributed by atoms with E-state index in [1.807, 2.05) is 48.6 Å². The standard InChI is InChI=1S/C68H79N3O9/c1-42-19-24-55-60-41-80-64-33-45(21-26-63(64)77-3)20-23-52(72)37-53-35-50-36-61(73)49(34-47(50)16-8-7-11-43-15-10-18-51(32-43)71-68(69)70-2)22-25-54(48-17-9-14-44(31-48)27-29-78-40-46-12-5-4-6-13-46)56(28-30-79-53)66-59(38-58(60)67(75)76)65(55)57(42)39-62(66)74/h9-10,14-15,17-19,21,24,26,31-34,36,38-39,42,46-47,50,53-54,56,67,73-76H,4-8,11-13,16,20,22-23,25,27,29,35,37,40-41H2,1-3H3,(H3,69,70,71). The van der Waals surface area contributed by atoms with Crippen molar-refractivity contribution in [1.82, 2.24) is 0 Å². The van der Waals surface area contributed by atoms with Crippen molar-refractivity contribution >= 4 is 34.3 Å². The molecule has 10 bridgehead atoms. The number of aliphatic hydroxyl groups excluding tert-OH is 2. The third-order valence-corrected chi connectivity index (χ3v) is 17.5. The molecule has 3 aliphatic carbocycles. The number of Topliss-reactive ketones (excluding diaryl/α,β-unsaturated/α-hetero) is 1. The Morgan fingerprint density at radius 2 is 1.75 bits per heavy atom. The molecule has 0 aromatic heterocycles. The number of nitrogens with one attached hydrogen (secondary N) is 1. The second kappa shape index (κ2) is 26.0. The lowest BCUT2D eigenvalue weighted by Gasteiger charge is -2.31. The number of unbranched alkanes of at least 4 members (excludes halogenated alkanes) is 1. The van der Waals surface area contributed by atoms with Gasteiger partial charge >= 0.3 is 0 Å². The number of aliphatic imine (C=N–C) groups is 1. The number of ketones is 1. The summed E-state index contributed by atoms with van der Waals surface area (Å²) >= 11 is 0. The van der Waals surface area contributed by atoms with E-state index < -0.39 is 18.3 Å². The zero-order valence-corrected chi connectivity index (χ0v) is 46.7. The Kier molecular flexibility index (Phi) is 18.3. The number of rotatable bonds is 14. The van der Waals surface area contributed by atoms with Crippen molar-refractivity contribution in [3.63, 3.8) is 0 Å². The summed E-state index contributed by atoms with van der Waals surface area (Å²) in [4.78, 5) is 18.4. The first-order valence-electron chi connectivity index (χ1n) is 29.2. The summed E-state index contributed by atoms with van der Waals surface area (Å²) in [5, 5.41) is 52.2. The molecule has 5 aromatic carbocycles. The number of phenols is 1. The van der Waals surface area contributed by atoms with Crippen LogP contribution in [0.15, 0.2) is 113 Å². The van der Waals surface area contributed by atoms with Crippen molar-refractivity contribution in [2.24, 2.45) is 28.5 Å². The van der Waals surface area contributed by atoms with E-state index in [4.69, 9.17) is 24.7 Å². The van der Waals surface area contributed by atoms with Crippen molar-refractivity contribution in [1.29, 1.82) is 0 Å². The van der Waals surface area contributed by atoms with E-state index in [2.05, 4.69) is 77.8 Å². The summed E-state index contributed by atoms with van der Waals surface area (Å²) in [6.07, 6.45) is 21.9. The average molecular weight is 1080 g/mol. The number of aromatic hydroxyl groups is 1. The smallest absolute Gasteiger partial charge is 0.192 e. The van der Waals surface area contributed by atoms with E-state index in [-0.39, 0.29) is 66.0 Å². The molecule has 5 aromatic rings. The van der Waals surface area contributed by atoms with Gasteiger partial charge in [-0.15, -0.1) is 0 Å². The third kappa shape index (κ3) is 13.2. The van der Waals surface area contributed by atoms with Crippen molar-refractivity contribution in [3.05, 3.63) is 158 Å². The van der Waals surface area contributed by atoms with Crippen molar-refractivity contribution in [2.75, 3.05) is 32.7 Å². The van der Waals surface area contributed by atoms with E-state index >= 15 is 0 Å². The maximum absolute atomic E-state index is 14.3. The van der Waals surface area contributed by atoms with Crippen LogP contribution < -0.4 is 20.5 Å². The van der Waals surface area contributed by atoms with Crippen LogP contribution in [-0.2, 0) is 40.1 Å². The Hall–Kier alpha value is -7.04. The molecular weight excluding hydrogens is 1000 g/mol. The summed E-state index contributed by atoms with van der Waals surface area (Å²) < 4.78 is 25.5. The van der Waals surface area contributed by atoms with E-state index in [9.17, 15) is 25.2 Å². The fourth-order valence-electron chi connectivity index (χ4n) is 13.1. The molecule has 0 spiro atoms. The molecule has 4 aliphatic heterocycles. The Labute approximate surface area is 471 Å². The largest absolute Gasteiger partial charge is 0.508 e. The van der Waals surface area contributed by atoms with Crippen LogP contribution in [0.3, 0.4) is 0 Å². The minimum Gasteiger partial charge on any atom is -0.508 e. The lowest BCUT2D eigenvalue weighted by atomic mass is 9.73. The van der Waals surface area contributed by atoms with Crippen LogP contribution >= 0.6 is 0 Å². The number of aryl methyl sites for hydroxylation is 2. The molecule has 7 aliphatic rings. The third-order valence-electron chi connectivity index (χ3n) is 17.5. The molecule has 12 rings (SSSR count). The number of benzene rings is 5. The van der Waals surface area contributed by atoms with E-state index in [0.29, 0.717) is 72.2 Å². The van der Waals surface area contributed by atoms with Gasteiger partial charge < -0.3 is 50.4 Å². The highest BCUT2D eigenvalue weighted by Crippen LogP contribution is 2.50. The Morgan fingerprint density at radius 1 is 0.925 bits per heavy atom. The number of hydrogen-bond donors (Lipinski definition) is 6. The molecule has 1 saturated carbocycles. The predicted octanol–water partition coefficient (Wildman–Crippen LogP) is 13.1. The maximum atomic E-state index is 14.3. The second-order valence-electron chi connectivity index (χ2n) is 22.9. The van der Waals surface area contributed by atoms with E-state index in [1.54, 1.807) is 20.2 Å². The van der Waals surface area contributed by atoms with Crippen LogP contribution in [0.5, 0.6) is 17.2 Å². The number of methoxy groups -OCH3 is 1. The quantitative estimate of drug-likeness (QED) is 0.0204. The number of nitrogens with zero attached hydrogens (tertiary/aromatic N) is 1. The van der Waals surface area contributed by atoms with E-state index in [0.717, 1.165) is 83.2 Å². The number of anilines is 1. The van der Waals surface area contributed by atoms with Gasteiger partial charge in [0.1, 0.15) is 36.1 Å². The Morgan fingerprint density at radius 3 is 2.56 bits per heavy atom. The van der Waals surface area contributed by atoms with Gasteiger partial charge in [-0.05, 0) is 174 Å². The molecule has 0 radical (unpaired) electrons. The normalized spacial score (nSPS) is 22.5. The number of hydrogen-bond acceptors (Lipinski definition) is 10. The Balaban J connectivity index is 1.08. The fraction of sp³-hybridized carbons (Fsp3) is 0.441. The highest BCUT2D eigenvalue weighted by molar-refractivity contribution is 6.01. The number of carbonyl (C=O) groups excluding carboxylic acids is 1. The van der Waals surface area contributed by atoms with Gasteiger partial charge in [-0.3, -0.25) is 9.79 Å². The van der Waals surface area contributed by atoms with Gasteiger partial charge in [0.25, 0.3) is 0 Å². The van der Waals surface area contributed by atoms with Crippen LogP contribution in [0, 0.1) is 29.8 Å². The molecular formula is C68H79N3O9. The predicted molar refractivity (Wildman–Crippen MR) is 316 cm³/mol. The van der Waals surface area contributed by atoms with E-state index in [1.165, 1.54) is 37.7 Å². The molecule has 80 heavy (non-hydrogen) atoms. The minimum atomic E-state index is -1.89. The van der Waals surface area contributed by atoms with Crippen molar-refractivity contribution < 1.29 is 44.2 Å². The van der Waals surface area contributed by atoms with Crippen LogP contribution in [-0.4, -0.2) is 65.6 Å². The average Bonchev–Trinajstić information content (AvgIpc) is 2.79. The van der Waals surface area contributed by atoms with Gasteiger partial charge in [0.15, 0.2) is 23.7 Å². The zero-order chi connectivity index (χ0) is 55.7. The molecule has 420 valence electrons. The first kappa shape index (κ1) is 56.2. The summed E-state index contributed by atoms with van der Waals surface area (Å²) in [5.41, 5.74) is 15.0. The van der Waals surface area contributed by atoms with Crippen LogP contribution in [0.25, 0.3) is 16.8 Å². The first-order valence-corrected chi connectivity index (χ1v) is 29.2. The van der Waals surface area contributed by atoms with Gasteiger partial charge in [-0.25, -0.2) is 0 Å². The first-order chi connectivity index (χ1) is 38.9. The molecule has 1 fully saturated rings. The van der Waals surface area contributed by atoms with Crippen LogP contribution in [0.2, 0.25) is 0 Å². The van der Waals surface area contributed by atoms with Gasteiger partial charge in [-0.1, -0.05) is 99.2 Å². The SMILES string of the molecule is CN=C(N)Nc1cccc(CCCCC2C=C3CCC(c4cccc(CCOCC5CCCCC5)c4)C4C#COC(CC(=O)CCc5ccc(OC)c(c5)OCc5c(C(O)O)cc6c4c(O)cc4c6c5C=CC4C)CC2C=C3O)c1. The van der Waals surface area contributed by atoms with Gasteiger partial charge in [0.2, 0.25) is 0 Å². The number of aliphatic hydroxyl groups is 3. The molecule has 6 atom stereocenters. The molecule has 0 amide bonds. The van der Waals surface area contributed by atoms with Gasteiger partial charge in [0.05, 0.1) is 19.6 Å². The van der Waals surface area contributed by atoms with Crippen LogP contribution in [0.4, 0.5) is 5.69 Å². The minimum absolute atomic E-state index is 0.0183. The van der Waals surface area contributed by atoms with Crippen LogP contribution in [0.1, 0.15) is 165 Å².